The van der Waals surface area contributed by atoms with Crippen molar-refractivity contribution in [1.82, 2.24) is 10.4 Å². The zero-order valence-corrected chi connectivity index (χ0v) is 6.23. The SMILES string of the molecule is O=C(O)CN1NC=CC=CC1=O. The van der Waals surface area contributed by atoms with Gasteiger partial charge in [-0.1, -0.05) is 6.08 Å². The molecule has 1 aliphatic rings. The van der Waals surface area contributed by atoms with Crippen LogP contribution in [-0.2, 0) is 9.59 Å². The second kappa shape index (κ2) is 3.56. The fourth-order valence-corrected chi connectivity index (χ4v) is 0.739. The maximum atomic E-state index is 11.0. The van der Waals surface area contributed by atoms with Crippen molar-refractivity contribution in [3.8, 4) is 0 Å². The van der Waals surface area contributed by atoms with Crippen molar-refractivity contribution in [1.29, 1.82) is 0 Å². The van der Waals surface area contributed by atoms with E-state index >= 15 is 0 Å². The van der Waals surface area contributed by atoms with Crippen LogP contribution < -0.4 is 5.43 Å². The molecule has 0 aromatic heterocycles. The van der Waals surface area contributed by atoms with Crippen molar-refractivity contribution in [3.63, 3.8) is 0 Å². The molecule has 1 amide bonds. The molecule has 0 unspecified atom stereocenters. The maximum Gasteiger partial charge on any atom is 0.325 e. The standard InChI is InChI=1S/C7H8N2O3/c10-6-3-1-2-4-8-9(6)5-7(11)12/h1-4,8H,5H2,(H,11,12). The molecule has 0 aromatic carbocycles. The fraction of sp³-hybridized carbons (Fsp3) is 0.143. The molecule has 0 atom stereocenters. The van der Waals surface area contributed by atoms with Crippen molar-refractivity contribution in [3.05, 3.63) is 24.4 Å². The number of rotatable bonds is 2. The highest BCUT2D eigenvalue weighted by Gasteiger charge is 2.13. The summed E-state index contributed by atoms with van der Waals surface area (Å²) in [6.45, 7) is -0.354. The summed E-state index contributed by atoms with van der Waals surface area (Å²) in [4.78, 5) is 21.3. The highest BCUT2D eigenvalue weighted by atomic mass is 16.4. The van der Waals surface area contributed by atoms with Crippen LogP contribution in [0.4, 0.5) is 0 Å². The predicted molar refractivity (Wildman–Crippen MR) is 40.8 cm³/mol. The molecule has 0 fully saturated rings. The lowest BCUT2D eigenvalue weighted by Crippen LogP contribution is -2.41. The largest absolute Gasteiger partial charge is 0.480 e. The molecule has 2 N–H and O–H groups in total. The molecule has 0 aromatic rings. The van der Waals surface area contributed by atoms with Gasteiger partial charge >= 0.3 is 5.97 Å². The molecular formula is C7H8N2O3. The Hall–Kier alpha value is -1.78. The number of nitrogens with zero attached hydrogens (tertiary/aromatic N) is 1. The molecule has 64 valence electrons. The second-order valence-corrected chi connectivity index (χ2v) is 2.17. The Balaban J connectivity index is 2.62. The first-order valence-electron chi connectivity index (χ1n) is 3.33. The number of carbonyl (C=O) groups excluding carboxylic acids is 1. The average molecular weight is 168 g/mol. The van der Waals surface area contributed by atoms with Gasteiger partial charge in [-0.15, -0.1) is 0 Å². The zero-order valence-electron chi connectivity index (χ0n) is 6.23. The number of carbonyl (C=O) groups is 2. The Kier molecular flexibility index (Phi) is 2.47. The van der Waals surface area contributed by atoms with Gasteiger partial charge in [0.1, 0.15) is 6.54 Å². The molecule has 0 saturated carbocycles. The zero-order chi connectivity index (χ0) is 8.97. The molecule has 0 saturated heterocycles. The molecule has 1 rings (SSSR count). The van der Waals surface area contributed by atoms with Gasteiger partial charge in [0.25, 0.3) is 5.91 Å². The fourth-order valence-electron chi connectivity index (χ4n) is 0.739. The van der Waals surface area contributed by atoms with Crippen LogP contribution >= 0.6 is 0 Å². The van der Waals surface area contributed by atoms with E-state index in [9.17, 15) is 9.59 Å². The quantitative estimate of drug-likeness (QED) is 0.582. The lowest BCUT2D eigenvalue weighted by Gasteiger charge is -2.16. The molecule has 0 aliphatic carbocycles. The monoisotopic (exact) mass is 168 g/mol. The highest BCUT2D eigenvalue weighted by molar-refractivity contribution is 5.90. The van der Waals surface area contributed by atoms with Gasteiger partial charge in [0, 0.05) is 12.3 Å². The van der Waals surface area contributed by atoms with Crippen LogP contribution in [0.25, 0.3) is 0 Å². The number of carboxylic acids is 1. The van der Waals surface area contributed by atoms with Crippen molar-refractivity contribution in [2.75, 3.05) is 6.54 Å². The van der Waals surface area contributed by atoms with E-state index in [1.807, 2.05) is 0 Å². The molecule has 1 heterocycles. The number of carboxylic acid groups (broad SMARTS) is 1. The third-order valence-electron chi connectivity index (χ3n) is 1.24. The van der Waals surface area contributed by atoms with Gasteiger partial charge in [0.15, 0.2) is 0 Å². The number of hydrazine groups is 1. The molecule has 0 bridgehead atoms. The number of aliphatic carboxylic acids is 1. The predicted octanol–water partition coefficient (Wildman–Crippen LogP) is -0.512. The molecular weight excluding hydrogens is 160 g/mol. The van der Waals surface area contributed by atoms with Crippen LogP contribution in [0.5, 0.6) is 0 Å². The summed E-state index contributed by atoms with van der Waals surface area (Å²) >= 11 is 0. The number of amides is 1. The van der Waals surface area contributed by atoms with Crippen LogP contribution in [0.1, 0.15) is 0 Å². The number of nitrogens with one attached hydrogen (secondary N) is 1. The van der Waals surface area contributed by atoms with Gasteiger partial charge < -0.3 is 10.5 Å². The normalized spacial score (nSPS) is 15.7. The minimum atomic E-state index is -1.06. The topological polar surface area (TPSA) is 69.6 Å². The molecule has 5 heteroatoms. The van der Waals surface area contributed by atoms with Crippen molar-refractivity contribution in [2.24, 2.45) is 0 Å². The molecule has 1 aliphatic heterocycles. The summed E-state index contributed by atoms with van der Waals surface area (Å²) in [5.41, 5.74) is 2.52. The maximum absolute atomic E-state index is 11.0. The summed E-state index contributed by atoms with van der Waals surface area (Å²) in [5, 5.41) is 9.40. The van der Waals surface area contributed by atoms with Gasteiger partial charge in [-0.2, -0.15) is 0 Å². The van der Waals surface area contributed by atoms with Crippen LogP contribution in [0.15, 0.2) is 24.4 Å². The summed E-state index contributed by atoms with van der Waals surface area (Å²) in [6, 6.07) is 0. The van der Waals surface area contributed by atoms with E-state index < -0.39 is 5.97 Å². The number of hydrogen-bond acceptors (Lipinski definition) is 3. The van der Waals surface area contributed by atoms with Crippen LogP contribution in [-0.4, -0.2) is 28.5 Å². The molecule has 0 spiro atoms. The van der Waals surface area contributed by atoms with E-state index in [4.69, 9.17) is 5.11 Å². The first kappa shape index (κ1) is 8.32. The van der Waals surface area contributed by atoms with Crippen molar-refractivity contribution >= 4 is 11.9 Å². The van der Waals surface area contributed by atoms with Crippen LogP contribution in [0.3, 0.4) is 0 Å². The van der Waals surface area contributed by atoms with Gasteiger partial charge in [0.2, 0.25) is 0 Å². The summed E-state index contributed by atoms with van der Waals surface area (Å²) in [7, 11) is 0. The minimum Gasteiger partial charge on any atom is -0.480 e. The Bertz CT molecular complexity index is 257. The Morgan fingerprint density at radius 2 is 2.33 bits per heavy atom. The lowest BCUT2D eigenvalue weighted by atomic mass is 10.4. The molecule has 12 heavy (non-hydrogen) atoms. The van der Waals surface area contributed by atoms with E-state index in [-0.39, 0.29) is 12.5 Å². The van der Waals surface area contributed by atoms with E-state index in [1.54, 1.807) is 6.08 Å². The van der Waals surface area contributed by atoms with E-state index in [0.29, 0.717) is 0 Å². The third kappa shape index (κ3) is 2.12. The Morgan fingerprint density at radius 1 is 1.58 bits per heavy atom. The Labute approximate surface area is 68.9 Å². The molecule has 5 nitrogen and oxygen atoms in total. The second-order valence-electron chi connectivity index (χ2n) is 2.17. The summed E-state index contributed by atoms with van der Waals surface area (Å²) in [6.07, 6.45) is 5.93. The van der Waals surface area contributed by atoms with E-state index in [2.05, 4.69) is 5.43 Å². The van der Waals surface area contributed by atoms with Crippen molar-refractivity contribution < 1.29 is 14.7 Å². The highest BCUT2D eigenvalue weighted by Crippen LogP contribution is 1.92. The van der Waals surface area contributed by atoms with Crippen molar-refractivity contribution in [2.45, 2.75) is 0 Å². The number of hydrogen-bond donors (Lipinski definition) is 2. The van der Waals surface area contributed by atoms with Crippen LogP contribution in [0.2, 0.25) is 0 Å². The van der Waals surface area contributed by atoms with Gasteiger partial charge in [-0.25, -0.2) is 5.01 Å². The van der Waals surface area contributed by atoms with Gasteiger partial charge in [-0.3, -0.25) is 9.59 Å². The Morgan fingerprint density at radius 3 is 3.00 bits per heavy atom. The average Bonchev–Trinajstić information content (AvgIpc) is 2.16. The van der Waals surface area contributed by atoms with E-state index in [0.717, 1.165) is 5.01 Å². The molecule has 0 radical (unpaired) electrons. The first-order chi connectivity index (χ1) is 5.70. The first-order valence-corrected chi connectivity index (χ1v) is 3.33. The van der Waals surface area contributed by atoms with Crippen LogP contribution in [0, 0.1) is 0 Å². The van der Waals surface area contributed by atoms with Gasteiger partial charge in [-0.05, 0) is 6.08 Å². The lowest BCUT2D eigenvalue weighted by molar-refractivity contribution is -0.144. The summed E-state index contributed by atoms with van der Waals surface area (Å²) in [5.74, 6) is -1.43. The minimum absolute atomic E-state index is 0.354. The van der Waals surface area contributed by atoms with Gasteiger partial charge in [0.05, 0.1) is 0 Å². The summed E-state index contributed by atoms with van der Waals surface area (Å²) < 4.78 is 0. The van der Waals surface area contributed by atoms with E-state index in [1.165, 1.54) is 18.4 Å². The third-order valence-corrected chi connectivity index (χ3v) is 1.24. The number of allylic oxidation sites excluding steroid dienone is 2. The smallest absolute Gasteiger partial charge is 0.325 e.